The van der Waals surface area contributed by atoms with Gasteiger partial charge in [-0.1, -0.05) is 6.42 Å². The SMILES string of the molecule is Nc1nc(C2CC2)nc(N2CC3CCCC3C2)n1. The third-order valence-corrected chi connectivity index (χ3v) is 4.61. The first-order valence-corrected chi connectivity index (χ1v) is 7.06. The summed E-state index contributed by atoms with van der Waals surface area (Å²) in [5.74, 6) is 4.36. The van der Waals surface area contributed by atoms with Crippen LogP contribution in [0.15, 0.2) is 0 Å². The van der Waals surface area contributed by atoms with E-state index in [1.807, 2.05) is 0 Å². The highest BCUT2D eigenvalue weighted by Crippen LogP contribution is 2.41. The van der Waals surface area contributed by atoms with Crippen molar-refractivity contribution < 1.29 is 0 Å². The molecule has 1 aliphatic heterocycles. The maximum atomic E-state index is 5.82. The van der Waals surface area contributed by atoms with E-state index in [9.17, 15) is 0 Å². The topological polar surface area (TPSA) is 67.9 Å². The molecule has 5 nitrogen and oxygen atoms in total. The summed E-state index contributed by atoms with van der Waals surface area (Å²) < 4.78 is 0. The number of nitrogens with zero attached hydrogens (tertiary/aromatic N) is 4. The van der Waals surface area contributed by atoms with Gasteiger partial charge in [0.15, 0.2) is 0 Å². The van der Waals surface area contributed by atoms with Crippen LogP contribution in [0.2, 0.25) is 0 Å². The summed E-state index contributed by atoms with van der Waals surface area (Å²) in [6.45, 7) is 2.22. The van der Waals surface area contributed by atoms with Crippen molar-refractivity contribution in [1.82, 2.24) is 15.0 Å². The molecule has 0 bridgehead atoms. The Bertz CT molecular complexity index is 458. The average molecular weight is 245 g/mol. The number of hydrogen-bond acceptors (Lipinski definition) is 5. The number of hydrogen-bond donors (Lipinski definition) is 1. The first kappa shape index (κ1) is 10.5. The Kier molecular flexibility index (Phi) is 2.22. The standard InChI is InChI=1S/C13H19N5/c14-12-15-11(8-4-5-8)16-13(17-12)18-6-9-2-1-3-10(9)7-18/h8-10H,1-7H2,(H2,14,15,16,17). The van der Waals surface area contributed by atoms with E-state index in [4.69, 9.17) is 5.73 Å². The Morgan fingerprint density at radius 3 is 2.33 bits per heavy atom. The fraction of sp³-hybridized carbons (Fsp3) is 0.769. The van der Waals surface area contributed by atoms with Gasteiger partial charge in [0.2, 0.25) is 11.9 Å². The molecule has 2 atom stereocenters. The van der Waals surface area contributed by atoms with Gasteiger partial charge in [0, 0.05) is 19.0 Å². The number of nitrogen functional groups attached to an aromatic ring is 1. The highest BCUT2D eigenvalue weighted by molar-refractivity contribution is 5.37. The fourth-order valence-corrected chi connectivity index (χ4v) is 3.46. The zero-order valence-corrected chi connectivity index (χ0v) is 10.5. The first-order chi connectivity index (χ1) is 8.79. The van der Waals surface area contributed by atoms with Crippen molar-refractivity contribution in [2.24, 2.45) is 11.8 Å². The summed E-state index contributed by atoms with van der Waals surface area (Å²) in [4.78, 5) is 15.5. The van der Waals surface area contributed by atoms with Gasteiger partial charge in [-0.3, -0.25) is 0 Å². The minimum absolute atomic E-state index is 0.388. The predicted molar refractivity (Wildman–Crippen MR) is 69.3 cm³/mol. The minimum atomic E-state index is 0.388. The van der Waals surface area contributed by atoms with E-state index < -0.39 is 0 Å². The Balaban J connectivity index is 1.60. The monoisotopic (exact) mass is 245 g/mol. The van der Waals surface area contributed by atoms with Gasteiger partial charge >= 0.3 is 0 Å². The van der Waals surface area contributed by atoms with E-state index in [-0.39, 0.29) is 0 Å². The van der Waals surface area contributed by atoms with Crippen molar-refractivity contribution in [3.8, 4) is 0 Å². The Labute approximate surface area is 107 Å². The molecule has 3 aliphatic rings. The highest BCUT2D eigenvalue weighted by Gasteiger charge is 2.37. The molecule has 1 saturated heterocycles. The Morgan fingerprint density at radius 1 is 0.944 bits per heavy atom. The highest BCUT2D eigenvalue weighted by atomic mass is 15.3. The average Bonchev–Trinajstić information content (AvgIpc) is 2.97. The molecule has 0 aromatic carbocycles. The molecule has 0 radical (unpaired) electrons. The molecule has 1 aromatic rings. The van der Waals surface area contributed by atoms with Crippen molar-refractivity contribution in [3.05, 3.63) is 5.82 Å². The lowest BCUT2D eigenvalue weighted by Crippen LogP contribution is -2.24. The number of fused-ring (bicyclic) bond motifs is 1. The molecule has 5 heteroatoms. The molecule has 2 heterocycles. The van der Waals surface area contributed by atoms with Crippen LogP contribution in [0.3, 0.4) is 0 Å². The molecular weight excluding hydrogens is 226 g/mol. The number of anilines is 2. The fourth-order valence-electron chi connectivity index (χ4n) is 3.46. The first-order valence-electron chi connectivity index (χ1n) is 7.06. The molecule has 0 amide bonds. The lowest BCUT2D eigenvalue weighted by Gasteiger charge is -2.17. The maximum Gasteiger partial charge on any atom is 0.230 e. The second-order valence-corrected chi connectivity index (χ2v) is 5.98. The van der Waals surface area contributed by atoms with E-state index in [2.05, 4.69) is 19.9 Å². The van der Waals surface area contributed by atoms with E-state index in [0.29, 0.717) is 11.9 Å². The number of aromatic nitrogens is 3. The summed E-state index contributed by atoms with van der Waals surface area (Å²) in [6, 6.07) is 0. The summed E-state index contributed by atoms with van der Waals surface area (Å²) in [5, 5.41) is 0. The van der Waals surface area contributed by atoms with Crippen LogP contribution in [0, 0.1) is 11.8 Å². The van der Waals surface area contributed by atoms with Crippen LogP contribution >= 0.6 is 0 Å². The Hall–Kier alpha value is -1.39. The molecule has 1 aromatic heterocycles. The van der Waals surface area contributed by atoms with Gasteiger partial charge in [-0.25, -0.2) is 0 Å². The van der Waals surface area contributed by atoms with Crippen LogP contribution in [-0.2, 0) is 0 Å². The van der Waals surface area contributed by atoms with Gasteiger partial charge in [-0.05, 0) is 37.5 Å². The lowest BCUT2D eigenvalue weighted by molar-refractivity contribution is 0.494. The van der Waals surface area contributed by atoms with Crippen molar-refractivity contribution >= 4 is 11.9 Å². The van der Waals surface area contributed by atoms with Crippen molar-refractivity contribution in [1.29, 1.82) is 0 Å². The van der Waals surface area contributed by atoms with Crippen LogP contribution in [0.4, 0.5) is 11.9 Å². The normalized spacial score (nSPS) is 30.8. The molecule has 18 heavy (non-hydrogen) atoms. The Morgan fingerprint density at radius 2 is 1.67 bits per heavy atom. The van der Waals surface area contributed by atoms with Crippen molar-refractivity contribution in [2.75, 3.05) is 23.7 Å². The third-order valence-electron chi connectivity index (χ3n) is 4.61. The van der Waals surface area contributed by atoms with E-state index in [1.54, 1.807) is 0 Å². The van der Waals surface area contributed by atoms with E-state index >= 15 is 0 Å². The smallest absolute Gasteiger partial charge is 0.230 e. The summed E-state index contributed by atoms with van der Waals surface area (Å²) in [6.07, 6.45) is 6.55. The predicted octanol–water partition coefficient (Wildman–Crippen LogP) is 1.57. The molecule has 2 saturated carbocycles. The molecular formula is C13H19N5. The zero-order chi connectivity index (χ0) is 12.1. The molecule has 96 valence electrons. The lowest BCUT2D eigenvalue weighted by atomic mass is 10.0. The van der Waals surface area contributed by atoms with Gasteiger partial charge < -0.3 is 10.6 Å². The van der Waals surface area contributed by atoms with Gasteiger partial charge in [-0.15, -0.1) is 0 Å². The second-order valence-electron chi connectivity index (χ2n) is 5.98. The summed E-state index contributed by atoms with van der Waals surface area (Å²) in [5.41, 5.74) is 5.82. The van der Waals surface area contributed by atoms with Crippen LogP contribution in [-0.4, -0.2) is 28.0 Å². The summed E-state index contributed by atoms with van der Waals surface area (Å²) in [7, 11) is 0. The van der Waals surface area contributed by atoms with Crippen LogP contribution in [0.25, 0.3) is 0 Å². The number of rotatable bonds is 2. The van der Waals surface area contributed by atoms with Gasteiger partial charge in [0.1, 0.15) is 5.82 Å². The molecule has 2 N–H and O–H groups in total. The molecule has 2 unspecified atom stereocenters. The molecule has 2 aliphatic carbocycles. The van der Waals surface area contributed by atoms with Gasteiger partial charge in [-0.2, -0.15) is 15.0 Å². The van der Waals surface area contributed by atoms with Crippen molar-refractivity contribution in [3.63, 3.8) is 0 Å². The second kappa shape index (κ2) is 3.80. The van der Waals surface area contributed by atoms with Crippen LogP contribution in [0.1, 0.15) is 43.8 Å². The van der Waals surface area contributed by atoms with Gasteiger partial charge in [0.25, 0.3) is 0 Å². The largest absolute Gasteiger partial charge is 0.368 e. The van der Waals surface area contributed by atoms with Gasteiger partial charge in [0.05, 0.1) is 0 Å². The van der Waals surface area contributed by atoms with E-state index in [1.165, 1.54) is 32.1 Å². The molecule has 3 fully saturated rings. The number of nitrogens with two attached hydrogens (primary N) is 1. The summed E-state index contributed by atoms with van der Waals surface area (Å²) >= 11 is 0. The zero-order valence-electron chi connectivity index (χ0n) is 10.5. The quantitative estimate of drug-likeness (QED) is 0.856. The van der Waals surface area contributed by atoms with Crippen LogP contribution < -0.4 is 10.6 Å². The molecule has 4 rings (SSSR count). The van der Waals surface area contributed by atoms with Crippen molar-refractivity contribution in [2.45, 2.75) is 38.0 Å². The minimum Gasteiger partial charge on any atom is -0.368 e. The van der Waals surface area contributed by atoms with E-state index in [0.717, 1.165) is 36.7 Å². The molecule has 0 spiro atoms. The third kappa shape index (κ3) is 1.72. The maximum absolute atomic E-state index is 5.82. The van der Waals surface area contributed by atoms with Crippen LogP contribution in [0.5, 0.6) is 0 Å².